The average molecular weight is 292 g/mol. The van der Waals surface area contributed by atoms with E-state index in [0.29, 0.717) is 10.9 Å². The van der Waals surface area contributed by atoms with E-state index in [1.165, 1.54) is 0 Å². The molecule has 1 N–H and O–H groups in total. The maximum absolute atomic E-state index is 6.01. The Kier molecular flexibility index (Phi) is 4.05. The molecule has 20 heavy (non-hydrogen) atoms. The number of aryl methyl sites for hydroxylation is 1. The molecular formula is C15H18ClN3O. The van der Waals surface area contributed by atoms with Crippen LogP contribution in [0, 0.1) is 6.92 Å². The summed E-state index contributed by atoms with van der Waals surface area (Å²) in [6, 6.07) is 7.60. The fourth-order valence-corrected chi connectivity index (χ4v) is 2.59. The lowest BCUT2D eigenvalue weighted by molar-refractivity contribution is 0.230. The van der Waals surface area contributed by atoms with Crippen LogP contribution in [-0.2, 0) is 6.54 Å². The molecule has 1 saturated heterocycles. The fraction of sp³-hybridized carbons (Fsp3) is 0.400. The molecule has 0 amide bonds. The monoisotopic (exact) mass is 291 g/mol. The van der Waals surface area contributed by atoms with Crippen LogP contribution in [0.2, 0.25) is 5.02 Å². The van der Waals surface area contributed by atoms with Crippen molar-refractivity contribution in [3.63, 3.8) is 0 Å². The second-order valence-corrected chi connectivity index (χ2v) is 5.49. The van der Waals surface area contributed by atoms with Crippen LogP contribution in [0.15, 0.2) is 28.7 Å². The third-order valence-electron chi connectivity index (χ3n) is 3.55. The average Bonchev–Trinajstić information content (AvgIpc) is 2.81. The zero-order valence-corrected chi connectivity index (χ0v) is 12.3. The fourth-order valence-electron chi connectivity index (χ4n) is 2.40. The van der Waals surface area contributed by atoms with Crippen molar-refractivity contribution < 1.29 is 4.42 Å². The van der Waals surface area contributed by atoms with Crippen molar-refractivity contribution in [3.8, 4) is 11.5 Å². The van der Waals surface area contributed by atoms with Crippen molar-refractivity contribution in [1.82, 2.24) is 15.2 Å². The first-order valence-corrected chi connectivity index (χ1v) is 7.25. The summed E-state index contributed by atoms with van der Waals surface area (Å²) >= 11 is 6.01. The van der Waals surface area contributed by atoms with Gasteiger partial charge in [0.05, 0.1) is 5.69 Å². The predicted molar refractivity (Wildman–Crippen MR) is 79.8 cm³/mol. The largest absolute Gasteiger partial charge is 0.441 e. The number of rotatable bonds is 3. The Balaban J connectivity index is 1.80. The molecule has 0 bridgehead atoms. The normalized spacial score (nSPS) is 16.5. The van der Waals surface area contributed by atoms with Gasteiger partial charge in [0, 0.05) is 43.3 Å². The van der Waals surface area contributed by atoms with Crippen LogP contribution < -0.4 is 5.32 Å². The number of hydrogen-bond acceptors (Lipinski definition) is 4. The molecule has 5 heteroatoms. The number of aromatic nitrogens is 1. The summed E-state index contributed by atoms with van der Waals surface area (Å²) in [7, 11) is 0. The Morgan fingerprint density at radius 3 is 2.90 bits per heavy atom. The first kappa shape index (κ1) is 13.6. The van der Waals surface area contributed by atoms with Gasteiger partial charge in [-0.1, -0.05) is 17.7 Å². The molecule has 1 aromatic heterocycles. The minimum atomic E-state index is 0.648. The van der Waals surface area contributed by atoms with Crippen LogP contribution in [0.5, 0.6) is 0 Å². The summed E-state index contributed by atoms with van der Waals surface area (Å²) in [6.45, 7) is 7.00. The van der Waals surface area contributed by atoms with Gasteiger partial charge in [0.15, 0.2) is 0 Å². The first-order valence-electron chi connectivity index (χ1n) is 6.88. The Bertz CT molecular complexity index is 591. The van der Waals surface area contributed by atoms with Gasteiger partial charge in [-0.15, -0.1) is 0 Å². The van der Waals surface area contributed by atoms with E-state index in [4.69, 9.17) is 16.0 Å². The van der Waals surface area contributed by atoms with Gasteiger partial charge < -0.3 is 9.73 Å². The van der Waals surface area contributed by atoms with Crippen molar-refractivity contribution in [2.45, 2.75) is 13.5 Å². The SMILES string of the molecule is Cc1oc(-c2cccc(Cl)c2)nc1CN1CCNCC1. The van der Waals surface area contributed by atoms with Gasteiger partial charge in [-0.25, -0.2) is 4.98 Å². The number of nitrogens with zero attached hydrogens (tertiary/aromatic N) is 2. The zero-order chi connectivity index (χ0) is 13.9. The number of oxazole rings is 1. The zero-order valence-electron chi connectivity index (χ0n) is 11.5. The molecule has 0 spiro atoms. The van der Waals surface area contributed by atoms with Gasteiger partial charge in [0.2, 0.25) is 5.89 Å². The van der Waals surface area contributed by atoms with Gasteiger partial charge in [-0.05, 0) is 25.1 Å². The molecule has 2 heterocycles. The van der Waals surface area contributed by atoms with E-state index in [2.05, 4.69) is 15.2 Å². The van der Waals surface area contributed by atoms with Gasteiger partial charge in [-0.3, -0.25) is 4.90 Å². The molecule has 0 aliphatic carbocycles. The maximum atomic E-state index is 6.01. The lowest BCUT2D eigenvalue weighted by Crippen LogP contribution is -2.43. The third-order valence-corrected chi connectivity index (χ3v) is 3.78. The highest BCUT2D eigenvalue weighted by molar-refractivity contribution is 6.30. The standard InChI is InChI=1S/C15H18ClN3O/c1-11-14(10-19-7-5-17-6-8-19)18-15(20-11)12-3-2-4-13(16)9-12/h2-4,9,17H,5-8,10H2,1H3. The quantitative estimate of drug-likeness (QED) is 0.944. The minimum absolute atomic E-state index is 0.648. The number of halogens is 1. The van der Waals surface area contributed by atoms with Gasteiger partial charge in [0.25, 0.3) is 0 Å². The molecule has 0 unspecified atom stereocenters. The second-order valence-electron chi connectivity index (χ2n) is 5.06. The Morgan fingerprint density at radius 1 is 1.35 bits per heavy atom. The van der Waals surface area contributed by atoms with E-state index in [1.807, 2.05) is 31.2 Å². The smallest absolute Gasteiger partial charge is 0.226 e. The van der Waals surface area contributed by atoms with Crippen molar-refractivity contribution in [3.05, 3.63) is 40.7 Å². The first-order chi connectivity index (χ1) is 9.72. The molecule has 1 aliphatic heterocycles. The molecule has 2 aromatic rings. The topological polar surface area (TPSA) is 41.3 Å². The van der Waals surface area contributed by atoms with E-state index < -0.39 is 0 Å². The minimum Gasteiger partial charge on any atom is -0.441 e. The van der Waals surface area contributed by atoms with E-state index in [9.17, 15) is 0 Å². The maximum Gasteiger partial charge on any atom is 0.226 e. The van der Waals surface area contributed by atoms with Gasteiger partial charge in [0.1, 0.15) is 5.76 Å². The molecule has 1 aromatic carbocycles. The molecule has 106 valence electrons. The summed E-state index contributed by atoms with van der Waals surface area (Å²) in [5, 5.41) is 4.05. The molecule has 1 aliphatic rings. The van der Waals surface area contributed by atoms with Crippen LogP contribution in [0.3, 0.4) is 0 Å². The highest BCUT2D eigenvalue weighted by atomic mass is 35.5. The van der Waals surface area contributed by atoms with E-state index in [-0.39, 0.29) is 0 Å². The summed E-state index contributed by atoms with van der Waals surface area (Å²) < 4.78 is 5.79. The summed E-state index contributed by atoms with van der Waals surface area (Å²) in [6.07, 6.45) is 0. The predicted octanol–water partition coefficient (Wildman–Crippen LogP) is 2.71. The van der Waals surface area contributed by atoms with Crippen LogP contribution in [-0.4, -0.2) is 36.1 Å². The molecule has 1 fully saturated rings. The van der Waals surface area contributed by atoms with Crippen LogP contribution in [0.4, 0.5) is 0 Å². The summed E-state index contributed by atoms with van der Waals surface area (Å²) in [5.74, 6) is 1.54. The molecule has 4 nitrogen and oxygen atoms in total. The van der Waals surface area contributed by atoms with Crippen molar-refractivity contribution in [1.29, 1.82) is 0 Å². The van der Waals surface area contributed by atoms with Crippen molar-refractivity contribution in [2.75, 3.05) is 26.2 Å². The third kappa shape index (κ3) is 3.03. The lowest BCUT2D eigenvalue weighted by atomic mass is 10.2. The highest BCUT2D eigenvalue weighted by Crippen LogP contribution is 2.24. The molecule has 0 saturated carbocycles. The van der Waals surface area contributed by atoms with E-state index in [0.717, 1.165) is 49.7 Å². The van der Waals surface area contributed by atoms with Crippen LogP contribution >= 0.6 is 11.6 Å². The van der Waals surface area contributed by atoms with Gasteiger partial charge in [-0.2, -0.15) is 0 Å². The van der Waals surface area contributed by atoms with Crippen molar-refractivity contribution in [2.24, 2.45) is 0 Å². The van der Waals surface area contributed by atoms with Crippen LogP contribution in [0.1, 0.15) is 11.5 Å². The second kappa shape index (κ2) is 5.95. The molecule has 0 radical (unpaired) electrons. The Hall–Kier alpha value is -1.36. The number of hydrogen-bond donors (Lipinski definition) is 1. The van der Waals surface area contributed by atoms with E-state index in [1.54, 1.807) is 0 Å². The highest BCUT2D eigenvalue weighted by Gasteiger charge is 2.16. The Morgan fingerprint density at radius 2 is 2.15 bits per heavy atom. The van der Waals surface area contributed by atoms with Crippen LogP contribution in [0.25, 0.3) is 11.5 Å². The van der Waals surface area contributed by atoms with Gasteiger partial charge >= 0.3 is 0 Å². The number of piperazine rings is 1. The summed E-state index contributed by atoms with van der Waals surface area (Å²) in [4.78, 5) is 7.02. The lowest BCUT2D eigenvalue weighted by Gasteiger charge is -2.26. The molecule has 3 rings (SSSR count). The molecular weight excluding hydrogens is 274 g/mol. The van der Waals surface area contributed by atoms with Crippen molar-refractivity contribution >= 4 is 11.6 Å². The Labute approximate surface area is 123 Å². The van der Waals surface area contributed by atoms with E-state index >= 15 is 0 Å². The summed E-state index contributed by atoms with van der Waals surface area (Å²) in [5.41, 5.74) is 1.94. The number of benzene rings is 1. The number of nitrogens with one attached hydrogen (secondary N) is 1. The molecule has 0 atom stereocenters.